The molecule has 0 aromatic carbocycles. The molecule has 3 N–H and O–H groups in total. The van der Waals surface area contributed by atoms with Crippen LogP contribution in [0.1, 0.15) is 106 Å². The Morgan fingerprint density at radius 2 is 1.76 bits per heavy atom. The number of ketones is 1. The van der Waals surface area contributed by atoms with Crippen LogP contribution in [0.2, 0.25) is 0 Å². The number of allylic oxidation sites excluding steroid dienone is 2. The minimum absolute atomic E-state index is 0.198. The Morgan fingerprint density at radius 3 is 2.41 bits per heavy atom. The van der Waals surface area contributed by atoms with E-state index in [9.17, 15) is 20.1 Å². The van der Waals surface area contributed by atoms with Gasteiger partial charge in [0.15, 0.2) is 0 Å². The van der Waals surface area contributed by atoms with Gasteiger partial charge >= 0.3 is 0 Å². The van der Waals surface area contributed by atoms with Gasteiger partial charge in [-0.05, 0) is 98.2 Å². The molecule has 4 nitrogen and oxygen atoms in total. The molecule has 4 rings (SSSR count). The largest absolute Gasteiger partial charge is 0.393 e. The first-order valence-corrected chi connectivity index (χ1v) is 13.9. The van der Waals surface area contributed by atoms with Gasteiger partial charge in [0.25, 0.3) is 0 Å². The van der Waals surface area contributed by atoms with Crippen LogP contribution in [0.15, 0.2) is 11.6 Å². The third-order valence-corrected chi connectivity index (χ3v) is 12.3. The molecule has 194 valence electrons. The van der Waals surface area contributed by atoms with Crippen LogP contribution >= 0.6 is 0 Å². The van der Waals surface area contributed by atoms with E-state index < -0.39 is 18.3 Å². The van der Waals surface area contributed by atoms with Crippen molar-refractivity contribution in [2.24, 2.45) is 45.3 Å². The van der Waals surface area contributed by atoms with Gasteiger partial charge < -0.3 is 15.3 Å². The van der Waals surface area contributed by atoms with E-state index in [2.05, 4.69) is 47.6 Å². The van der Waals surface area contributed by atoms with E-state index in [1.165, 1.54) is 32.6 Å². The number of hydrogen-bond donors (Lipinski definition) is 3. The summed E-state index contributed by atoms with van der Waals surface area (Å²) in [6.07, 6.45) is 10.8. The van der Waals surface area contributed by atoms with Gasteiger partial charge in [0, 0.05) is 11.8 Å². The zero-order valence-electron chi connectivity index (χ0n) is 22.8. The van der Waals surface area contributed by atoms with Gasteiger partial charge in [-0.15, -0.1) is 0 Å². The summed E-state index contributed by atoms with van der Waals surface area (Å²) in [4.78, 5) is 12.8. The second kappa shape index (κ2) is 8.42. The number of fused-ring (bicyclic) bond motifs is 5. The molecule has 34 heavy (non-hydrogen) atoms. The molecular weight excluding hydrogens is 424 g/mol. The summed E-state index contributed by atoms with van der Waals surface area (Å²) >= 11 is 0. The Kier molecular flexibility index (Phi) is 6.52. The standard InChI is InChI=1S/C30H50O4/c1-19(8-11-25(33)30(7,34)18-31)20-12-16-29(6)22-9-10-23-26(2,3)24(32)14-15-27(23,4)21(22)13-17-28(20,29)5/h9,19-21,23,25,31,33-34H,8,10-18H2,1-7H3/t19-,20-,21-,23-,25-,27+,28-,29+,30-/m0/s1. The predicted octanol–water partition coefficient (Wildman–Crippen LogP) is 5.68. The number of aliphatic hydroxyl groups excluding tert-OH is 2. The highest BCUT2D eigenvalue weighted by Crippen LogP contribution is 2.73. The van der Waals surface area contributed by atoms with Crippen molar-refractivity contribution in [3.05, 3.63) is 11.6 Å². The molecule has 0 heterocycles. The van der Waals surface area contributed by atoms with Crippen molar-refractivity contribution in [2.45, 2.75) is 118 Å². The molecular formula is C30H50O4. The molecule has 4 aliphatic carbocycles. The molecule has 0 amide bonds. The Balaban J connectivity index is 1.57. The predicted molar refractivity (Wildman–Crippen MR) is 136 cm³/mol. The second-order valence-corrected chi connectivity index (χ2v) is 14.2. The van der Waals surface area contributed by atoms with E-state index in [1.54, 1.807) is 5.57 Å². The smallest absolute Gasteiger partial charge is 0.138 e. The summed E-state index contributed by atoms with van der Waals surface area (Å²) < 4.78 is 0. The fourth-order valence-electron chi connectivity index (χ4n) is 9.50. The second-order valence-electron chi connectivity index (χ2n) is 14.2. The topological polar surface area (TPSA) is 77.8 Å². The first-order chi connectivity index (χ1) is 15.6. The first-order valence-electron chi connectivity index (χ1n) is 13.9. The van der Waals surface area contributed by atoms with Crippen LogP contribution in [0.5, 0.6) is 0 Å². The molecule has 9 atom stereocenters. The summed E-state index contributed by atoms with van der Waals surface area (Å²) in [5, 5.41) is 30.0. The van der Waals surface area contributed by atoms with E-state index in [1.807, 2.05) is 0 Å². The highest BCUT2D eigenvalue weighted by atomic mass is 16.4. The van der Waals surface area contributed by atoms with E-state index in [0.29, 0.717) is 35.9 Å². The molecule has 3 fully saturated rings. The lowest BCUT2D eigenvalue weighted by molar-refractivity contribution is -0.146. The lowest BCUT2D eigenvalue weighted by atomic mass is 9.41. The molecule has 0 aromatic heterocycles. The van der Waals surface area contributed by atoms with Crippen molar-refractivity contribution >= 4 is 5.78 Å². The van der Waals surface area contributed by atoms with Crippen molar-refractivity contribution in [3.63, 3.8) is 0 Å². The monoisotopic (exact) mass is 474 g/mol. The van der Waals surface area contributed by atoms with E-state index in [4.69, 9.17) is 0 Å². The van der Waals surface area contributed by atoms with Crippen LogP contribution in [0, 0.1) is 45.3 Å². The Bertz CT molecular complexity index is 843. The molecule has 0 unspecified atom stereocenters. The van der Waals surface area contributed by atoms with E-state index in [0.717, 1.165) is 25.7 Å². The van der Waals surface area contributed by atoms with Gasteiger partial charge in [-0.1, -0.05) is 53.2 Å². The number of carbonyl (C=O) groups excluding carboxylic acids is 1. The number of rotatable bonds is 6. The van der Waals surface area contributed by atoms with Crippen molar-refractivity contribution in [3.8, 4) is 0 Å². The summed E-state index contributed by atoms with van der Waals surface area (Å²) in [6, 6.07) is 0. The molecule has 0 saturated heterocycles. The van der Waals surface area contributed by atoms with Crippen LogP contribution in [-0.4, -0.2) is 39.4 Å². The number of Topliss-reactive ketones (excluding diaryl/α,β-unsaturated/α-hetero) is 1. The summed E-state index contributed by atoms with van der Waals surface area (Å²) in [5.41, 5.74) is 0.699. The van der Waals surface area contributed by atoms with Gasteiger partial charge in [-0.3, -0.25) is 4.79 Å². The Labute approximate surface area is 207 Å². The molecule has 3 saturated carbocycles. The quantitative estimate of drug-likeness (QED) is 0.433. The van der Waals surface area contributed by atoms with Gasteiger partial charge in [0.2, 0.25) is 0 Å². The SMILES string of the molecule is C[C@@H](CC[C@H](O)[C@@](C)(O)CO)[C@@H]1CC[C@]2(C)C3=CC[C@H]4C(C)(C)C(=O)CC[C@]4(C)[C@H]3CC[C@@]12C. The molecule has 0 bridgehead atoms. The minimum Gasteiger partial charge on any atom is -0.393 e. The highest BCUT2D eigenvalue weighted by Gasteiger charge is 2.65. The van der Waals surface area contributed by atoms with Gasteiger partial charge in [-0.2, -0.15) is 0 Å². The summed E-state index contributed by atoms with van der Waals surface area (Å²) in [7, 11) is 0. The van der Waals surface area contributed by atoms with Crippen LogP contribution in [-0.2, 0) is 4.79 Å². The lowest BCUT2D eigenvalue weighted by Crippen LogP contribution is -2.57. The van der Waals surface area contributed by atoms with E-state index >= 15 is 0 Å². The maximum absolute atomic E-state index is 12.8. The normalized spacial score (nSPS) is 44.8. The first kappa shape index (κ1) is 26.4. The average molecular weight is 475 g/mol. The molecule has 0 aromatic rings. The highest BCUT2D eigenvalue weighted by molar-refractivity contribution is 5.85. The fraction of sp³-hybridized carbons (Fsp3) is 0.900. The maximum Gasteiger partial charge on any atom is 0.138 e. The number of carbonyl (C=O) groups is 1. The molecule has 4 heteroatoms. The zero-order chi connectivity index (χ0) is 25.3. The average Bonchev–Trinajstić information content (AvgIpc) is 3.06. The van der Waals surface area contributed by atoms with Crippen molar-refractivity contribution in [1.29, 1.82) is 0 Å². The summed E-state index contributed by atoms with van der Waals surface area (Å²) in [6.45, 7) is 15.4. The summed E-state index contributed by atoms with van der Waals surface area (Å²) in [5.74, 6) is 2.55. The third-order valence-electron chi connectivity index (χ3n) is 12.3. The number of hydrogen-bond acceptors (Lipinski definition) is 4. The van der Waals surface area contributed by atoms with Crippen LogP contribution in [0.25, 0.3) is 0 Å². The minimum atomic E-state index is -1.43. The molecule has 4 aliphatic rings. The zero-order valence-corrected chi connectivity index (χ0v) is 22.8. The van der Waals surface area contributed by atoms with Crippen LogP contribution < -0.4 is 0 Å². The maximum atomic E-state index is 12.8. The van der Waals surface area contributed by atoms with E-state index in [-0.39, 0.29) is 21.7 Å². The van der Waals surface area contributed by atoms with Crippen LogP contribution in [0.3, 0.4) is 0 Å². The third kappa shape index (κ3) is 3.60. The van der Waals surface area contributed by atoms with Gasteiger partial charge in [0.05, 0.1) is 12.7 Å². The molecule has 0 aliphatic heterocycles. The number of aliphatic hydroxyl groups is 3. The van der Waals surface area contributed by atoms with Gasteiger partial charge in [0.1, 0.15) is 11.4 Å². The Morgan fingerprint density at radius 1 is 1.09 bits per heavy atom. The van der Waals surface area contributed by atoms with Crippen molar-refractivity contribution < 1.29 is 20.1 Å². The molecule has 0 spiro atoms. The van der Waals surface area contributed by atoms with Crippen molar-refractivity contribution in [2.75, 3.05) is 6.61 Å². The lowest BCUT2D eigenvalue weighted by Gasteiger charge is -2.63. The fourth-order valence-corrected chi connectivity index (χ4v) is 9.50. The van der Waals surface area contributed by atoms with Crippen LogP contribution in [0.4, 0.5) is 0 Å². The molecule has 0 radical (unpaired) electrons. The van der Waals surface area contributed by atoms with Crippen molar-refractivity contribution in [1.82, 2.24) is 0 Å². The Hall–Kier alpha value is -0.710. The van der Waals surface area contributed by atoms with Gasteiger partial charge in [-0.25, -0.2) is 0 Å².